The van der Waals surface area contributed by atoms with Gasteiger partial charge in [-0.15, -0.1) is 11.8 Å². The Morgan fingerprint density at radius 3 is 2.13 bits per heavy atom. The van der Waals surface area contributed by atoms with Crippen molar-refractivity contribution < 1.29 is 17.6 Å². The van der Waals surface area contributed by atoms with Gasteiger partial charge in [0.2, 0.25) is 0 Å². The Morgan fingerprint density at radius 1 is 1.20 bits per heavy atom. The fourth-order valence-electron chi connectivity index (χ4n) is 1.07. The van der Waals surface area contributed by atoms with Gasteiger partial charge < -0.3 is 0 Å². The topological polar surface area (TPSA) is 0 Å². The van der Waals surface area contributed by atoms with E-state index in [1.165, 1.54) is 23.9 Å². The second-order valence-electron chi connectivity index (χ2n) is 2.88. The van der Waals surface area contributed by atoms with Crippen molar-refractivity contribution >= 4 is 11.8 Å². The summed E-state index contributed by atoms with van der Waals surface area (Å²) in [5.74, 6) is -3.25. The van der Waals surface area contributed by atoms with Crippen LogP contribution in [-0.2, 0) is 5.92 Å². The molecular formula is C10H10F4S. The van der Waals surface area contributed by atoms with E-state index < -0.39 is 17.9 Å². The minimum Gasteiger partial charge on any atom is -0.203 e. The third-order valence-electron chi connectivity index (χ3n) is 1.82. The average molecular weight is 238 g/mol. The quantitative estimate of drug-likeness (QED) is 0.560. The second-order valence-corrected chi connectivity index (χ2v) is 4.22. The molecule has 0 aliphatic rings. The Kier molecular flexibility index (Phi) is 4.02. The number of thioether (sulfide) groups is 1. The van der Waals surface area contributed by atoms with Crippen LogP contribution in [0.25, 0.3) is 0 Å². The zero-order chi connectivity index (χ0) is 11.5. The van der Waals surface area contributed by atoms with E-state index in [1.807, 2.05) is 6.92 Å². The lowest BCUT2D eigenvalue weighted by molar-refractivity contribution is -0.135. The molecule has 0 aliphatic carbocycles. The van der Waals surface area contributed by atoms with Crippen LogP contribution in [-0.4, -0.2) is 12.2 Å². The fraction of sp³-hybridized carbons (Fsp3) is 0.400. The molecule has 1 rings (SSSR count). The van der Waals surface area contributed by atoms with Crippen molar-refractivity contribution in [2.45, 2.75) is 24.2 Å². The van der Waals surface area contributed by atoms with Crippen molar-refractivity contribution in [2.24, 2.45) is 0 Å². The zero-order valence-corrected chi connectivity index (χ0v) is 8.83. The molecule has 1 aromatic rings. The van der Waals surface area contributed by atoms with Crippen molar-refractivity contribution in [1.82, 2.24) is 0 Å². The molecular weight excluding hydrogens is 228 g/mol. The summed E-state index contributed by atoms with van der Waals surface area (Å²) >= 11 is 1.47. The van der Waals surface area contributed by atoms with Gasteiger partial charge in [-0.3, -0.25) is 0 Å². The molecule has 0 amide bonds. The summed E-state index contributed by atoms with van der Waals surface area (Å²) < 4.78 is 49.7. The van der Waals surface area contributed by atoms with E-state index in [0.29, 0.717) is 0 Å². The van der Waals surface area contributed by atoms with E-state index in [4.69, 9.17) is 0 Å². The molecule has 0 heterocycles. The van der Waals surface area contributed by atoms with E-state index in [-0.39, 0.29) is 0 Å². The van der Waals surface area contributed by atoms with Gasteiger partial charge in [-0.25, -0.2) is 8.78 Å². The van der Waals surface area contributed by atoms with Gasteiger partial charge in [0.1, 0.15) is 0 Å². The van der Waals surface area contributed by atoms with Gasteiger partial charge in [0.25, 0.3) is 0 Å². The minimum atomic E-state index is -4.06. The van der Waals surface area contributed by atoms with Crippen LogP contribution >= 0.6 is 11.8 Å². The first-order valence-corrected chi connectivity index (χ1v) is 5.36. The molecule has 0 fully saturated rings. The molecule has 15 heavy (non-hydrogen) atoms. The Bertz CT molecular complexity index is 308. The summed E-state index contributed by atoms with van der Waals surface area (Å²) in [6, 6.07) is 4.95. The van der Waals surface area contributed by atoms with Crippen LogP contribution < -0.4 is 0 Å². The molecule has 0 aliphatic heterocycles. The first-order valence-electron chi connectivity index (χ1n) is 4.37. The Balaban J connectivity index is 2.88. The van der Waals surface area contributed by atoms with E-state index in [9.17, 15) is 17.6 Å². The van der Waals surface area contributed by atoms with Gasteiger partial charge in [-0.2, -0.15) is 8.78 Å². The van der Waals surface area contributed by atoms with Gasteiger partial charge in [0.05, 0.1) is 0 Å². The van der Waals surface area contributed by atoms with Gasteiger partial charge in [0.15, 0.2) is 0 Å². The molecule has 5 heteroatoms. The summed E-state index contributed by atoms with van der Waals surface area (Å²) in [4.78, 5) is 0.798. The summed E-state index contributed by atoms with van der Waals surface area (Å²) in [6.07, 6.45) is -3.66. The van der Waals surface area contributed by atoms with E-state index in [0.717, 1.165) is 22.8 Å². The molecule has 0 unspecified atom stereocenters. The number of rotatable bonds is 4. The number of hydrogen-bond donors (Lipinski definition) is 0. The third-order valence-corrected chi connectivity index (χ3v) is 2.72. The Hall–Kier alpha value is -0.710. The maximum absolute atomic E-state index is 12.8. The molecule has 0 spiro atoms. The van der Waals surface area contributed by atoms with Crippen molar-refractivity contribution in [3.8, 4) is 0 Å². The normalized spacial score (nSPS) is 12.1. The summed E-state index contributed by atoms with van der Waals surface area (Å²) in [5.41, 5.74) is -0.641. The lowest BCUT2D eigenvalue weighted by Gasteiger charge is -2.15. The van der Waals surface area contributed by atoms with Crippen molar-refractivity contribution in [1.29, 1.82) is 0 Å². The monoisotopic (exact) mass is 238 g/mol. The molecule has 0 saturated heterocycles. The van der Waals surface area contributed by atoms with E-state index in [1.54, 1.807) is 0 Å². The van der Waals surface area contributed by atoms with Crippen LogP contribution in [0.5, 0.6) is 0 Å². The van der Waals surface area contributed by atoms with Gasteiger partial charge >= 0.3 is 12.3 Å². The minimum absolute atomic E-state index is 0.641. The maximum atomic E-state index is 12.8. The van der Waals surface area contributed by atoms with Gasteiger partial charge in [0, 0.05) is 10.5 Å². The SMILES string of the molecule is CCSc1ccc(C(F)(F)C(F)F)cc1. The summed E-state index contributed by atoms with van der Waals surface area (Å²) in [6.45, 7) is 1.92. The van der Waals surface area contributed by atoms with E-state index >= 15 is 0 Å². The first kappa shape index (κ1) is 12.4. The average Bonchev–Trinajstić information content (AvgIpc) is 2.19. The fourth-order valence-corrected chi connectivity index (χ4v) is 1.73. The molecule has 0 N–H and O–H groups in total. The first-order chi connectivity index (χ1) is 6.98. The lowest BCUT2D eigenvalue weighted by Crippen LogP contribution is -2.23. The molecule has 0 bridgehead atoms. The second kappa shape index (κ2) is 4.88. The third kappa shape index (κ3) is 2.87. The standard InChI is InChI=1S/C10H10F4S/c1-2-15-8-5-3-7(4-6-8)10(13,14)9(11)12/h3-6,9H,2H2,1H3. The highest BCUT2D eigenvalue weighted by Crippen LogP contribution is 2.35. The number of hydrogen-bond acceptors (Lipinski definition) is 1. The van der Waals surface area contributed by atoms with Crippen LogP contribution in [0.1, 0.15) is 12.5 Å². The van der Waals surface area contributed by atoms with Crippen molar-refractivity contribution in [3.63, 3.8) is 0 Å². The highest BCUT2D eigenvalue weighted by atomic mass is 32.2. The van der Waals surface area contributed by atoms with Crippen LogP contribution in [0.4, 0.5) is 17.6 Å². The highest BCUT2D eigenvalue weighted by molar-refractivity contribution is 7.99. The van der Waals surface area contributed by atoms with Crippen molar-refractivity contribution in [2.75, 3.05) is 5.75 Å². The van der Waals surface area contributed by atoms with Crippen LogP contribution in [0.3, 0.4) is 0 Å². The van der Waals surface area contributed by atoms with E-state index in [2.05, 4.69) is 0 Å². The zero-order valence-electron chi connectivity index (χ0n) is 8.01. The lowest BCUT2D eigenvalue weighted by atomic mass is 10.1. The molecule has 0 atom stereocenters. The Labute approximate surface area is 89.7 Å². The van der Waals surface area contributed by atoms with Gasteiger partial charge in [-0.05, 0) is 17.9 Å². The van der Waals surface area contributed by atoms with Gasteiger partial charge in [-0.1, -0.05) is 19.1 Å². The number of alkyl halides is 4. The smallest absolute Gasteiger partial charge is 0.203 e. The Morgan fingerprint density at radius 2 is 1.73 bits per heavy atom. The van der Waals surface area contributed by atoms with Crippen molar-refractivity contribution in [3.05, 3.63) is 29.8 Å². The number of halogens is 4. The van der Waals surface area contributed by atoms with Crippen LogP contribution in [0, 0.1) is 0 Å². The molecule has 1 aromatic carbocycles. The highest BCUT2D eigenvalue weighted by Gasteiger charge is 2.42. The predicted molar refractivity (Wildman–Crippen MR) is 52.7 cm³/mol. The largest absolute Gasteiger partial charge is 0.332 e. The summed E-state index contributed by atoms with van der Waals surface area (Å²) in [7, 11) is 0. The molecule has 0 aromatic heterocycles. The number of benzene rings is 1. The summed E-state index contributed by atoms with van der Waals surface area (Å²) in [5, 5.41) is 0. The molecule has 0 nitrogen and oxygen atoms in total. The molecule has 0 saturated carbocycles. The van der Waals surface area contributed by atoms with Crippen LogP contribution in [0.15, 0.2) is 29.2 Å². The molecule has 84 valence electrons. The molecule has 0 radical (unpaired) electrons. The maximum Gasteiger partial charge on any atom is 0.332 e. The van der Waals surface area contributed by atoms with Crippen LogP contribution in [0.2, 0.25) is 0 Å². The predicted octanol–water partition coefficient (Wildman–Crippen LogP) is 4.16.